The molecule has 6 heteroatoms. The fraction of sp³-hybridized carbons (Fsp3) is 0.350. The summed E-state index contributed by atoms with van der Waals surface area (Å²) in [5.74, 6) is 0.773. The fourth-order valence-electron chi connectivity index (χ4n) is 2.80. The third-order valence-corrected chi connectivity index (χ3v) is 4.13. The number of aliphatic hydroxyl groups excluding tert-OH is 1. The molecule has 0 amide bonds. The minimum absolute atomic E-state index is 0.0191. The van der Waals surface area contributed by atoms with Crippen LogP contribution >= 0.6 is 0 Å². The summed E-state index contributed by atoms with van der Waals surface area (Å²) < 4.78 is 21.1. The van der Waals surface area contributed by atoms with Gasteiger partial charge < -0.3 is 24.1 Å². The summed E-state index contributed by atoms with van der Waals surface area (Å²) in [6.07, 6.45) is -0.939. The predicted octanol–water partition coefficient (Wildman–Crippen LogP) is 3.09. The number of aliphatic hydroxyl groups is 1. The van der Waals surface area contributed by atoms with Crippen LogP contribution in [0.4, 0.5) is 0 Å². The monoisotopic (exact) mass is 360 g/mol. The summed E-state index contributed by atoms with van der Waals surface area (Å²) >= 11 is 0. The van der Waals surface area contributed by atoms with Crippen LogP contribution in [0.2, 0.25) is 0 Å². The van der Waals surface area contributed by atoms with Gasteiger partial charge in [-0.25, -0.2) is 0 Å². The van der Waals surface area contributed by atoms with E-state index in [1.165, 1.54) is 14.0 Å². The van der Waals surface area contributed by atoms with Crippen molar-refractivity contribution in [2.24, 2.45) is 0 Å². The molecule has 0 heterocycles. The van der Waals surface area contributed by atoms with E-state index in [9.17, 15) is 9.90 Å². The molecule has 0 saturated carbocycles. The zero-order valence-electron chi connectivity index (χ0n) is 15.4. The van der Waals surface area contributed by atoms with Crippen LogP contribution in [0.25, 0.3) is 0 Å². The molecule has 0 saturated heterocycles. The van der Waals surface area contributed by atoms with Gasteiger partial charge in [-0.2, -0.15) is 0 Å². The zero-order valence-corrected chi connectivity index (χ0v) is 15.4. The van der Waals surface area contributed by atoms with E-state index in [0.717, 1.165) is 5.56 Å². The smallest absolute Gasteiger partial charge is 0.302 e. The van der Waals surface area contributed by atoms with Crippen molar-refractivity contribution >= 4 is 5.97 Å². The molecule has 6 nitrogen and oxygen atoms in total. The van der Waals surface area contributed by atoms with E-state index < -0.39 is 18.0 Å². The first-order valence-corrected chi connectivity index (χ1v) is 8.18. The highest BCUT2D eigenvalue weighted by atomic mass is 16.5. The maximum Gasteiger partial charge on any atom is 0.302 e. The lowest BCUT2D eigenvalue weighted by molar-refractivity contribution is -0.142. The molecule has 1 N–H and O–H groups in total. The number of carbonyl (C=O) groups is 1. The van der Waals surface area contributed by atoms with Gasteiger partial charge in [-0.15, -0.1) is 0 Å². The van der Waals surface area contributed by atoms with Gasteiger partial charge in [0, 0.05) is 12.5 Å². The molecule has 26 heavy (non-hydrogen) atoms. The molecule has 2 atom stereocenters. The molecular weight excluding hydrogens is 336 g/mol. The van der Waals surface area contributed by atoms with Crippen LogP contribution in [0.15, 0.2) is 42.5 Å². The van der Waals surface area contributed by atoms with Gasteiger partial charge in [0.05, 0.1) is 33.4 Å². The minimum Gasteiger partial charge on any atom is -0.496 e. The lowest BCUT2D eigenvalue weighted by Gasteiger charge is -2.25. The highest BCUT2D eigenvalue weighted by Gasteiger charge is 2.27. The fourth-order valence-corrected chi connectivity index (χ4v) is 2.80. The summed E-state index contributed by atoms with van der Waals surface area (Å²) in [5, 5.41) is 11.0. The molecule has 0 radical (unpaired) electrons. The van der Waals surface area contributed by atoms with Crippen molar-refractivity contribution in [2.45, 2.75) is 18.9 Å². The van der Waals surface area contributed by atoms with E-state index in [1.807, 2.05) is 18.2 Å². The van der Waals surface area contributed by atoms with Crippen molar-refractivity contribution in [1.82, 2.24) is 0 Å². The van der Waals surface area contributed by atoms with Gasteiger partial charge in [-0.05, 0) is 23.8 Å². The molecule has 0 spiro atoms. The minimum atomic E-state index is -0.939. The summed E-state index contributed by atoms with van der Waals surface area (Å²) in [6.45, 7) is 1.35. The van der Waals surface area contributed by atoms with Crippen LogP contribution in [0, 0.1) is 0 Å². The molecule has 140 valence electrons. The highest BCUT2D eigenvalue weighted by molar-refractivity contribution is 5.66. The first-order chi connectivity index (χ1) is 12.5. The van der Waals surface area contributed by atoms with Gasteiger partial charge in [0.1, 0.15) is 12.4 Å². The van der Waals surface area contributed by atoms with Gasteiger partial charge >= 0.3 is 5.97 Å². The Bertz CT molecular complexity index is 743. The Morgan fingerprint density at radius 1 is 0.962 bits per heavy atom. The largest absolute Gasteiger partial charge is 0.496 e. The van der Waals surface area contributed by atoms with Crippen molar-refractivity contribution in [3.63, 3.8) is 0 Å². The number of benzene rings is 2. The van der Waals surface area contributed by atoms with Crippen LogP contribution in [0.1, 0.15) is 30.1 Å². The lowest BCUT2D eigenvalue weighted by atomic mass is 9.89. The topological polar surface area (TPSA) is 74.2 Å². The number of rotatable bonds is 8. The Hall–Kier alpha value is -2.73. The lowest BCUT2D eigenvalue weighted by Crippen LogP contribution is -2.19. The third-order valence-electron chi connectivity index (χ3n) is 4.13. The van der Waals surface area contributed by atoms with E-state index in [2.05, 4.69) is 0 Å². The van der Waals surface area contributed by atoms with Crippen LogP contribution in [-0.2, 0) is 9.53 Å². The van der Waals surface area contributed by atoms with E-state index in [-0.39, 0.29) is 6.61 Å². The first-order valence-electron chi connectivity index (χ1n) is 8.18. The normalized spacial score (nSPS) is 12.8. The van der Waals surface area contributed by atoms with Crippen molar-refractivity contribution in [2.75, 3.05) is 27.9 Å². The molecule has 0 aliphatic rings. The molecule has 2 rings (SSSR count). The number of ether oxygens (including phenoxy) is 4. The molecule has 0 aliphatic heterocycles. The summed E-state index contributed by atoms with van der Waals surface area (Å²) in [6, 6.07) is 12.5. The van der Waals surface area contributed by atoms with Crippen molar-refractivity contribution in [1.29, 1.82) is 0 Å². The van der Waals surface area contributed by atoms with Crippen LogP contribution in [0.5, 0.6) is 17.2 Å². The van der Waals surface area contributed by atoms with Gasteiger partial charge in [0.15, 0.2) is 11.5 Å². The average molecular weight is 360 g/mol. The number of hydrogen-bond acceptors (Lipinski definition) is 6. The van der Waals surface area contributed by atoms with Crippen molar-refractivity contribution in [3.8, 4) is 17.2 Å². The summed E-state index contributed by atoms with van der Waals surface area (Å²) in [5.41, 5.74) is 1.37. The second-order valence-electron chi connectivity index (χ2n) is 5.71. The van der Waals surface area contributed by atoms with Crippen LogP contribution in [-0.4, -0.2) is 39.0 Å². The van der Waals surface area contributed by atoms with Crippen molar-refractivity contribution < 1.29 is 28.8 Å². The number of carbonyl (C=O) groups excluding carboxylic acids is 1. The summed E-state index contributed by atoms with van der Waals surface area (Å²) in [4.78, 5) is 11.3. The van der Waals surface area contributed by atoms with E-state index >= 15 is 0 Å². The maximum absolute atomic E-state index is 11.3. The molecule has 0 unspecified atom stereocenters. The standard InChI is InChI=1S/C20H24O6/c1-13(21)26-12-16(15-7-5-6-8-17(15)23-2)20(22)14-9-10-18(24-3)19(11-14)25-4/h5-11,16,20,22H,12H2,1-4H3/t16-,20-/m1/s1. The molecule has 2 aromatic rings. The van der Waals surface area contributed by atoms with Gasteiger partial charge in [0.25, 0.3) is 0 Å². The SMILES string of the molecule is COc1ccc([C@@H](O)[C@H](COC(C)=O)c2ccccc2OC)cc1OC. The Morgan fingerprint density at radius 3 is 2.23 bits per heavy atom. The second-order valence-corrected chi connectivity index (χ2v) is 5.71. The van der Waals surface area contributed by atoms with Crippen LogP contribution in [0.3, 0.4) is 0 Å². The summed E-state index contributed by atoms with van der Waals surface area (Å²) in [7, 11) is 4.64. The molecule has 0 aromatic heterocycles. The molecule has 0 aliphatic carbocycles. The molecule has 2 aromatic carbocycles. The second kappa shape index (κ2) is 9.10. The van der Waals surface area contributed by atoms with Crippen molar-refractivity contribution in [3.05, 3.63) is 53.6 Å². The van der Waals surface area contributed by atoms with Crippen LogP contribution < -0.4 is 14.2 Å². The zero-order chi connectivity index (χ0) is 19.1. The number of para-hydroxylation sites is 1. The number of methoxy groups -OCH3 is 3. The average Bonchev–Trinajstić information content (AvgIpc) is 2.67. The Balaban J connectivity index is 2.42. The molecular formula is C20H24O6. The molecule has 0 fully saturated rings. The predicted molar refractivity (Wildman–Crippen MR) is 96.9 cm³/mol. The van der Waals surface area contributed by atoms with E-state index in [1.54, 1.807) is 38.5 Å². The van der Waals surface area contributed by atoms with E-state index in [4.69, 9.17) is 18.9 Å². The first kappa shape index (κ1) is 19.6. The maximum atomic E-state index is 11.3. The Kier molecular flexibility index (Phi) is 6.86. The number of hydrogen-bond donors (Lipinski definition) is 1. The number of esters is 1. The van der Waals surface area contributed by atoms with Gasteiger partial charge in [-0.3, -0.25) is 4.79 Å². The Morgan fingerprint density at radius 2 is 1.62 bits per heavy atom. The van der Waals surface area contributed by atoms with E-state index in [0.29, 0.717) is 22.8 Å². The van der Waals surface area contributed by atoms with Gasteiger partial charge in [0.2, 0.25) is 0 Å². The third kappa shape index (κ3) is 4.46. The van der Waals surface area contributed by atoms with Gasteiger partial charge in [-0.1, -0.05) is 24.3 Å². The quantitative estimate of drug-likeness (QED) is 0.729. The molecule has 0 bridgehead atoms. The highest BCUT2D eigenvalue weighted by Crippen LogP contribution is 2.39. The Labute approximate surface area is 153 Å².